The maximum absolute atomic E-state index is 16.2. The van der Waals surface area contributed by atoms with Gasteiger partial charge in [0.2, 0.25) is 0 Å². The SMILES string of the molecule is COCCOCOC(C)(CC1(F)C2CC(C3C4CC(C(C)C4C)C32)C1(F)F)C(F)(F)F. The first kappa shape index (κ1) is 23.6. The van der Waals surface area contributed by atoms with E-state index < -0.39 is 48.4 Å². The third-order valence-corrected chi connectivity index (χ3v) is 9.29. The van der Waals surface area contributed by atoms with Crippen molar-refractivity contribution in [3.8, 4) is 0 Å². The first-order valence-electron chi connectivity index (χ1n) is 11.1. The van der Waals surface area contributed by atoms with Crippen molar-refractivity contribution in [2.75, 3.05) is 27.1 Å². The van der Waals surface area contributed by atoms with Crippen molar-refractivity contribution in [2.24, 2.45) is 47.3 Å². The summed E-state index contributed by atoms with van der Waals surface area (Å²) in [5, 5.41) is 0. The molecule has 0 aromatic heterocycles. The molecule has 4 saturated carbocycles. The molecule has 4 bridgehead atoms. The second kappa shape index (κ2) is 7.49. The lowest BCUT2D eigenvalue weighted by Gasteiger charge is -2.51. The van der Waals surface area contributed by atoms with Crippen LogP contribution in [0.25, 0.3) is 0 Å². The maximum Gasteiger partial charge on any atom is 0.417 e. The molecule has 0 N–H and O–H groups in total. The van der Waals surface area contributed by atoms with Gasteiger partial charge in [-0.05, 0) is 55.3 Å². The third-order valence-electron chi connectivity index (χ3n) is 9.29. The Morgan fingerprint density at radius 1 is 0.903 bits per heavy atom. The van der Waals surface area contributed by atoms with Crippen molar-refractivity contribution in [3.05, 3.63) is 0 Å². The lowest BCUT2D eigenvalue weighted by Crippen LogP contribution is -2.62. The Balaban J connectivity index is 1.58. The zero-order valence-corrected chi connectivity index (χ0v) is 18.4. The minimum absolute atomic E-state index is 0.0189. The summed E-state index contributed by atoms with van der Waals surface area (Å²) < 4.78 is 103. The second-order valence-electron chi connectivity index (χ2n) is 10.4. The lowest BCUT2D eigenvalue weighted by atomic mass is 9.59. The van der Waals surface area contributed by atoms with Gasteiger partial charge in [-0.3, -0.25) is 0 Å². The molecule has 0 aromatic rings. The molecule has 31 heavy (non-hydrogen) atoms. The number of halogens is 6. The molecule has 10 unspecified atom stereocenters. The highest BCUT2D eigenvalue weighted by Gasteiger charge is 2.82. The van der Waals surface area contributed by atoms with Crippen LogP contribution in [0.5, 0.6) is 0 Å². The average molecular weight is 458 g/mol. The molecule has 0 aromatic carbocycles. The molecule has 180 valence electrons. The van der Waals surface area contributed by atoms with E-state index in [-0.39, 0.29) is 49.2 Å². The fourth-order valence-corrected chi connectivity index (χ4v) is 7.61. The van der Waals surface area contributed by atoms with Gasteiger partial charge in [0.25, 0.3) is 5.92 Å². The highest BCUT2D eigenvalue weighted by Crippen LogP contribution is 2.77. The van der Waals surface area contributed by atoms with Crippen LogP contribution in [0.15, 0.2) is 0 Å². The van der Waals surface area contributed by atoms with Gasteiger partial charge >= 0.3 is 6.18 Å². The van der Waals surface area contributed by atoms with Gasteiger partial charge in [-0.15, -0.1) is 0 Å². The summed E-state index contributed by atoms with van der Waals surface area (Å²) in [5.41, 5.74) is -6.32. The van der Waals surface area contributed by atoms with Gasteiger partial charge in [0.15, 0.2) is 11.3 Å². The molecule has 10 atom stereocenters. The molecule has 4 aliphatic carbocycles. The minimum atomic E-state index is -5.02. The fraction of sp³-hybridized carbons (Fsp3) is 1.00. The standard InChI is InChI=1S/C22H32F6O3/c1-11-12(2)14-7-13(11)17-15-8-16(18(14)17)21(24,25)20(15,23)9-19(3,22(26,27)28)31-10-30-6-5-29-4/h11-18H,5-10H2,1-4H3. The molecule has 4 rings (SSSR count). The van der Waals surface area contributed by atoms with E-state index in [1.807, 2.05) is 0 Å². The van der Waals surface area contributed by atoms with Gasteiger partial charge in [0, 0.05) is 25.4 Å². The van der Waals surface area contributed by atoms with Gasteiger partial charge in [-0.2, -0.15) is 13.2 Å². The maximum atomic E-state index is 16.2. The lowest BCUT2D eigenvalue weighted by molar-refractivity contribution is -0.318. The largest absolute Gasteiger partial charge is 0.417 e. The summed E-state index contributed by atoms with van der Waals surface area (Å²) in [6.45, 7) is 4.13. The Labute approximate surface area is 179 Å². The Hall–Kier alpha value is -0.540. The van der Waals surface area contributed by atoms with Crippen LogP contribution in [0.4, 0.5) is 26.3 Å². The summed E-state index contributed by atoms with van der Waals surface area (Å²) in [6.07, 6.45) is -5.69. The van der Waals surface area contributed by atoms with Crippen molar-refractivity contribution in [1.29, 1.82) is 0 Å². The van der Waals surface area contributed by atoms with Crippen molar-refractivity contribution in [1.82, 2.24) is 0 Å². The van der Waals surface area contributed by atoms with Crippen LogP contribution in [0.3, 0.4) is 0 Å². The Bertz CT molecular complexity index is 687. The van der Waals surface area contributed by atoms with Crippen LogP contribution < -0.4 is 0 Å². The van der Waals surface area contributed by atoms with Crippen LogP contribution >= 0.6 is 0 Å². The van der Waals surface area contributed by atoms with Crippen molar-refractivity contribution >= 4 is 0 Å². The summed E-state index contributed by atoms with van der Waals surface area (Å²) in [6, 6.07) is 0. The topological polar surface area (TPSA) is 27.7 Å². The molecule has 0 aliphatic heterocycles. The molecule has 9 heteroatoms. The highest BCUT2D eigenvalue weighted by molar-refractivity contribution is 5.25. The van der Waals surface area contributed by atoms with E-state index in [0.29, 0.717) is 12.8 Å². The molecule has 0 amide bonds. The van der Waals surface area contributed by atoms with Crippen LogP contribution in [-0.4, -0.2) is 50.5 Å². The van der Waals surface area contributed by atoms with Crippen LogP contribution in [0.2, 0.25) is 0 Å². The number of hydrogen-bond acceptors (Lipinski definition) is 3. The number of fused-ring (bicyclic) bond motifs is 9. The van der Waals surface area contributed by atoms with Crippen molar-refractivity contribution < 1.29 is 40.6 Å². The van der Waals surface area contributed by atoms with Gasteiger partial charge in [0.05, 0.1) is 13.2 Å². The van der Waals surface area contributed by atoms with E-state index in [1.165, 1.54) is 7.11 Å². The quantitative estimate of drug-likeness (QED) is 0.209. The zero-order chi connectivity index (χ0) is 23.0. The van der Waals surface area contributed by atoms with Gasteiger partial charge in [0.1, 0.15) is 6.79 Å². The molecule has 0 spiro atoms. The molecule has 0 saturated heterocycles. The zero-order valence-electron chi connectivity index (χ0n) is 18.4. The number of methoxy groups -OCH3 is 1. The van der Waals surface area contributed by atoms with E-state index in [9.17, 15) is 13.2 Å². The minimum Gasteiger partial charge on any atom is -0.382 e. The Morgan fingerprint density at radius 3 is 2.03 bits per heavy atom. The summed E-state index contributed by atoms with van der Waals surface area (Å²) in [5.74, 6) is -5.80. The molecular formula is C22H32F6O3. The predicted octanol–water partition coefficient (Wildman–Crippen LogP) is 5.48. The Kier molecular flexibility index (Phi) is 5.70. The van der Waals surface area contributed by atoms with E-state index in [4.69, 9.17) is 14.2 Å². The molecule has 4 fully saturated rings. The Morgan fingerprint density at radius 2 is 1.48 bits per heavy atom. The van der Waals surface area contributed by atoms with Gasteiger partial charge < -0.3 is 14.2 Å². The number of alkyl halides is 6. The van der Waals surface area contributed by atoms with Crippen LogP contribution in [0, 0.1) is 47.3 Å². The van der Waals surface area contributed by atoms with E-state index in [2.05, 4.69) is 13.8 Å². The van der Waals surface area contributed by atoms with E-state index in [1.54, 1.807) is 0 Å². The normalized spacial score (nSPS) is 47.0. The number of ether oxygens (including phenoxy) is 3. The first-order valence-corrected chi connectivity index (χ1v) is 11.1. The number of rotatable bonds is 8. The van der Waals surface area contributed by atoms with Crippen LogP contribution in [-0.2, 0) is 14.2 Å². The average Bonchev–Trinajstić information content (AvgIpc) is 3.35. The van der Waals surface area contributed by atoms with Crippen molar-refractivity contribution in [2.45, 2.75) is 63.4 Å². The van der Waals surface area contributed by atoms with Gasteiger partial charge in [-0.1, -0.05) is 13.8 Å². The van der Waals surface area contributed by atoms with E-state index >= 15 is 13.2 Å². The molecule has 3 nitrogen and oxygen atoms in total. The van der Waals surface area contributed by atoms with Crippen LogP contribution in [0.1, 0.15) is 40.0 Å². The van der Waals surface area contributed by atoms with Gasteiger partial charge in [-0.25, -0.2) is 13.2 Å². The van der Waals surface area contributed by atoms with Crippen molar-refractivity contribution in [3.63, 3.8) is 0 Å². The fourth-order valence-electron chi connectivity index (χ4n) is 7.61. The van der Waals surface area contributed by atoms with E-state index in [0.717, 1.165) is 6.42 Å². The molecule has 0 radical (unpaired) electrons. The summed E-state index contributed by atoms with van der Waals surface area (Å²) in [7, 11) is 1.40. The summed E-state index contributed by atoms with van der Waals surface area (Å²) >= 11 is 0. The second-order valence-corrected chi connectivity index (χ2v) is 10.4. The molecular weight excluding hydrogens is 426 g/mol. The smallest absolute Gasteiger partial charge is 0.382 e. The molecule has 0 heterocycles. The number of hydrogen-bond donors (Lipinski definition) is 0. The third kappa shape index (κ3) is 3.19. The highest BCUT2D eigenvalue weighted by atomic mass is 19.4. The predicted molar refractivity (Wildman–Crippen MR) is 100 cm³/mol. The summed E-state index contributed by atoms with van der Waals surface area (Å²) in [4.78, 5) is 0. The monoisotopic (exact) mass is 458 g/mol. The first-order chi connectivity index (χ1) is 14.3. The molecule has 4 aliphatic rings.